The number of para-hydroxylation sites is 1. The fourth-order valence-corrected chi connectivity index (χ4v) is 2.17. The van der Waals surface area contributed by atoms with Crippen LogP contribution in [0, 0.1) is 17.2 Å². The van der Waals surface area contributed by atoms with Gasteiger partial charge in [0.25, 0.3) is 0 Å². The van der Waals surface area contributed by atoms with Crippen LogP contribution >= 0.6 is 12.6 Å². The molecule has 0 radical (unpaired) electrons. The lowest BCUT2D eigenvalue weighted by atomic mass is 10.1. The van der Waals surface area contributed by atoms with E-state index in [0.29, 0.717) is 5.69 Å². The van der Waals surface area contributed by atoms with Crippen molar-refractivity contribution in [2.24, 2.45) is 5.92 Å². The monoisotopic (exact) mass is 413 g/mol. The molecule has 2 N–H and O–H groups in total. The van der Waals surface area contributed by atoms with Gasteiger partial charge in [-0.15, -0.1) is 12.6 Å². The van der Waals surface area contributed by atoms with Crippen molar-refractivity contribution in [2.75, 3.05) is 12.8 Å². The first-order valence-electron chi connectivity index (χ1n) is 8.49. The molecule has 0 saturated carbocycles. The van der Waals surface area contributed by atoms with E-state index in [4.69, 9.17) is 11.0 Å². The molecule has 2 rings (SSSR count). The van der Waals surface area contributed by atoms with Gasteiger partial charge < -0.3 is 10.5 Å². The van der Waals surface area contributed by atoms with E-state index in [2.05, 4.69) is 22.3 Å². The Bertz CT molecular complexity index is 758. The third-order valence-corrected chi connectivity index (χ3v) is 3.46. The molecule has 0 saturated heterocycles. The van der Waals surface area contributed by atoms with Gasteiger partial charge in [0.05, 0.1) is 18.9 Å². The van der Waals surface area contributed by atoms with Crippen LogP contribution in [0.2, 0.25) is 0 Å². The normalized spacial score (nSPS) is 10.4. The van der Waals surface area contributed by atoms with Crippen LogP contribution in [-0.4, -0.2) is 12.1 Å². The Morgan fingerprint density at radius 3 is 1.93 bits per heavy atom. The second-order valence-electron chi connectivity index (χ2n) is 6.30. The summed E-state index contributed by atoms with van der Waals surface area (Å²) in [7, 11) is 1.17. The predicted molar refractivity (Wildman–Crippen MR) is 108 cm³/mol. The second-order valence-corrected chi connectivity index (χ2v) is 6.78. The molecule has 1 heterocycles. The summed E-state index contributed by atoms with van der Waals surface area (Å²) >= 11 is 4.01. The second kappa shape index (κ2) is 12.1. The molecule has 0 atom stereocenters. The van der Waals surface area contributed by atoms with Gasteiger partial charge in [0.2, 0.25) is 5.88 Å². The molecule has 0 spiro atoms. The molecule has 0 fully saturated rings. The average molecular weight is 414 g/mol. The summed E-state index contributed by atoms with van der Waals surface area (Å²) in [5.74, 6) is -0.229. The van der Waals surface area contributed by atoms with Crippen molar-refractivity contribution in [1.29, 1.82) is 5.26 Å². The van der Waals surface area contributed by atoms with E-state index in [1.54, 1.807) is 0 Å². The molecule has 8 heteroatoms. The van der Waals surface area contributed by atoms with Gasteiger partial charge in [-0.05, 0) is 38.0 Å². The van der Waals surface area contributed by atoms with Gasteiger partial charge in [-0.1, -0.05) is 32.0 Å². The van der Waals surface area contributed by atoms with Gasteiger partial charge in [0, 0.05) is 16.5 Å². The van der Waals surface area contributed by atoms with Crippen LogP contribution in [0.15, 0.2) is 41.3 Å². The van der Waals surface area contributed by atoms with E-state index in [9.17, 15) is 13.2 Å². The van der Waals surface area contributed by atoms with Crippen LogP contribution in [0.1, 0.15) is 44.9 Å². The summed E-state index contributed by atoms with van der Waals surface area (Å²) in [5.41, 5.74) is 5.77. The van der Waals surface area contributed by atoms with Gasteiger partial charge in [-0.3, -0.25) is 0 Å². The van der Waals surface area contributed by atoms with Gasteiger partial charge in [0.1, 0.15) is 5.56 Å². The fraction of sp³-hybridized carbons (Fsp3) is 0.400. The number of alkyl halides is 3. The molecule has 0 aliphatic heterocycles. The molecule has 0 bridgehead atoms. The molecule has 1 aromatic heterocycles. The first-order chi connectivity index (χ1) is 12.9. The zero-order valence-corrected chi connectivity index (χ0v) is 17.5. The number of hydrogen-bond acceptors (Lipinski definition) is 5. The number of benzene rings is 1. The minimum Gasteiger partial charge on any atom is -0.481 e. The van der Waals surface area contributed by atoms with Crippen molar-refractivity contribution < 1.29 is 17.9 Å². The average Bonchev–Trinajstić information content (AvgIpc) is 2.62. The topological polar surface area (TPSA) is 71.9 Å². The van der Waals surface area contributed by atoms with Crippen molar-refractivity contribution in [1.82, 2.24) is 4.98 Å². The summed E-state index contributed by atoms with van der Waals surface area (Å²) < 4.78 is 42.4. The lowest BCUT2D eigenvalue weighted by molar-refractivity contribution is -0.139. The zero-order chi connectivity index (χ0) is 21.9. The van der Waals surface area contributed by atoms with Crippen LogP contribution in [0.5, 0.6) is 5.88 Å². The minimum atomic E-state index is -4.48. The summed E-state index contributed by atoms with van der Waals surface area (Å²) in [5, 5.41) is 7.89. The highest BCUT2D eigenvalue weighted by atomic mass is 32.1. The SMILES string of the molecule is CC(C)C#N.COc1nc(C(C)C)c(S)cc1C(F)(F)F.Nc1ccccc1. The first-order valence-corrected chi connectivity index (χ1v) is 8.93. The number of methoxy groups -OCH3 is 1. The van der Waals surface area contributed by atoms with Gasteiger partial charge in [0.15, 0.2) is 0 Å². The molecule has 0 unspecified atom stereocenters. The number of nitrogen functional groups attached to an aromatic ring is 1. The Morgan fingerprint density at radius 1 is 1.14 bits per heavy atom. The number of aromatic nitrogens is 1. The number of ether oxygens (including phenoxy) is 1. The summed E-state index contributed by atoms with van der Waals surface area (Å²) in [6, 6.07) is 12.5. The van der Waals surface area contributed by atoms with Crippen molar-refractivity contribution in [3.63, 3.8) is 0 Å². The van der Waals surface area contributed by atoms with Crippen LogP contribution in [-0.2, 0) is 6.18 Å². The number of thiol groups is 1. The van der Waals surface area contributed by atoms with Crippen LogP contribution in [0.3, 0.4) is 0 Å². The third-order valence-electron chi connectivity index (χ3n) is 3.10. The molecule has 1 aromatic carbocycles. The van der Waals surface area contributed by atoms with Crippen LogP contribution in [0.4, 0.5) is 18.9 Å². The molecular weight excluding hydrogens is 387 g/mol. The van der Waals surface area contributed by atoms with Gasteiger partial charge >= 0.3 is 6.18 Å². The molecule has 4 nitrogen and oxygen atoms in total. The highest BCUT2D eigenvalue weighted by molar-refractivity contribution is 7.80. The number of nitrogens with two attached hydrogens (primary N) is 1. The molecule has 0 aliphatic carbocycles. The third kappa shape index (κ3) is 9.51. The van der Waals surface area contributed by atoms with Gasteiger partial charge in [-0.25, -0.2) is 4.98 Å². The van der Waals surface area contributed by atoms with E-state index in [1.807, 2.05) is 64.1 Å². The number of hydrogen-bond donors (Lipinski definition) is 2. The zero-order valence-electron chi connectivity index (χ0n) is 16.6. The van der Waals surface area contributed by atoms with E-state index >= 15 is 0 Å². The molecule has 28 heavy (non-hydrogen) atoms. The highest BCUT2D eigenvalue weighted by Crippen LogP contribution is 2.38. The lowest BCUT2D eigenvalue weighted by Crippen LogP contribution is -2.11. The molecule has 154 valence electrons. The summed E-state index contributed by atoms with van der Waals surface area (Å²) in [4.78, 5) is 4.06. The molecule has 2 aromatic rings. The first kappa shape index (κ1) is 25.6. The fourth-order valence-electron chi connectivity index (χ4n) is 1.74. The number of halogens is 3. The largest absolute Gasteiger partial charge is 0.481 e. The maximum atomic E-state index is 12.6. The Labute approximate surface area is 170 Å². The van der Waals surface area contributed by atoms with Crippen LogP contribution < -0.4 is 10.5 Å². The number of pyridine rings is 1. The van der Waals surface area contributed by atoms with E-state index < -0.39 is 17.6 Å². The van der Waals surface area contributed by atoms with E-state index in [1.165, 1.54) is 7.11 Å². The number of nitriles is 1. The maximum absolute atomic E-state index is 12.6. The van der Waals surface area contributed by atoms with Crippen molar-refractivity contribution >= 4 is 18.3 Å². The molecular formula is C20H26F3N3OS. The maximum Gasteiger partial charge on any atom is 0.421 e. The number of anilines is 1. The number of nitrogens with zero attached hydrogens (tertiary/aromatic N) is 2. The Kier molecular flexibility index (Phi) is 11.1. The Hall–Kier alpha value is -2.40. The number of rotatable bonds is 2. The lowest BCUT2D eigenvalue weighted by Gasteiger charge is -2.15. The Morgan fingerprint density at radius 2 is 1.64 bits per heavy atom. The highest BCUT2D eigenvalue weighted by Gasteiger charge is 2.36. The predicted octanol–water partition coefficient (Wildman–Crippen LogP) is 5.96. The Balaban J connectivity index is 0.000000497. The van der Waals surface area contributed by atoms with Crippen LogP contribution in [0.25, 0.3) is 0 Å². The van der Waals surface area contributed by atoms with E-state index in [-0.39, 0.29) is 16.7 Å². The summed E-state index contributed by atoms with van der Waals surface area (Å²) in [6.07, 6.45) is -4.48. The standard InChI is InChI=1S/C10H12F3NOS.C6H7N.C4H7N/c1-5(2)8-7(16)4-6(10(11,12)13)9(14-8)15-3;7-6-4-2-1-3-5-6;1-4(2)3-5/h4-5,16H,1-3H3;1-5H,7H2;4H,1-2H3. The van der Waals surface area contributed by atoms with Crippen molar-refractivity contribution in [3.8, 4) is 11.9 Å². The summed E-state index contributed by atoms with van der Waals surface area (Å²) in [6.45, 7) is 7.38. The van der Waals surface area contributed by atoms with Gasteiger partial charge in [-0.2, -0.15) is 18.4 Å². The molecule has 0 aliphatic rings. The molecule has 0 amide bonds. The van der Waals surface area contributed by atoms with E-state index in [0.717, 1.165) is 11.8 Å². The van der Waals surface area contributed by atoms with Crippen molar-refractivity contribution in [3.05, 3.63) is 47.7 Å². The quantitative estimate of drug-likeness (QED) is 0.471. The smallest absolute Gasteiger partial charge is 0.421 e. The minimum absolute atomic E-state index is 0.0105. The van der Waals surface area contributed by atoms with Crippen molar-refractivity contribution in [2.45, 2.75) is 44.7 Å².